The molecule has 0 fully saturated rings. The third-order valence-electron chi connectivity index (χ3n) is 2.99. The summed E-state index contributed by atoms with van der Waals surface area (Å²) in [4.78, 5) is 4.08. The van der Waals surface area contributed by atoms with Gasteiger partial charge in [-0.25, -0.2) is 4.98 Å². The molecule has 0 saturated heterocycles. The Morgan fingerprint density at radius 1 is 1.30 bits per heavy atom. The maximum Gasteiger partial charge on any atom is 0.175 e. The van der Waals surface area contributed by atoms with E-state index in [1.165, 1.54) is 6.33 Å². The molecule has 0 bridgehead atoms. The van der Waals surface area contributed by atoms with Crippen LogP contribution in [0, 0.1) is 0 Å². The summed E-state index contributed by atoms with van der Waals surface area (Å²) in [5, 5.41) is 10.0. The number of aromatic nitrogens is 3. The van der Waals surface area contributed by atoms with E-state index in [1.54, 1.807) is 0 Å². The number of hydrogen-bond donors (Lipinski definition) is 2. The number of H-pyrrole nitrogens is 1. The molecule has 1 aromatic carbocycles. The fraction of sp³-hybridized carbons (Fsp3) is 0.385. The topological polar surface area (TPSA) is 72.1 Å². The van der Waals surface area contributed by atoms with Crippen LogP contribution in [0.4, 0.5) is 0 Å². The van der Waals surface area contributed by atoms with Gasteiger partial charge in [-0.1, -0.05) is 0 Å². The minimum atomic E-state index is 0.598. The predicted octanol–water partition coefficient (Wildman–Crippen LogP) is 1.67. The van der Waals surface area contributed by atoms with Crippen LogP contribution in [0.3, 0.4) is 0 Å². The lowest BCUT2D eigenvalue weighted by Gasteiger charge is -2.20. The Bertz CT molecular complexity index is 574. The molecule has 1 aromatic heterocycles. The van der Waals surface area contributed by atoms with Gasteiger partial charge >= 0.3 is 0 Å². The molecule has 3 rings (SSSR count). The highest BCUT2D eigenvalue weighted by Gasteiger charge is 2.16. The Morgan fingerprint density at radius 2 is 2.20 bits per heavy atom. The third kappa shape index (κ3) is 3.10. The summed E-state index contributed by atoms with van der Waals surface area (Å²) in [6, 6.07) is 4.07. The molecule has 0 saturated carbocycles. The van der Waals surface area contributed by atoms with Gasteiger partial charge in [-0.2, -0.15) is 5.10 Å². The molecule has 0 amide bonds. The molecule has 106 valence electrons. The standard InChI is InChI=1S/C13H15BrN4O2/c14-10-5-9(6-11-13(10)20-4-3-19-11)7-15-2-1-12-16-8-17-18-12/h5-6,8,15H,1-4,7H2,(H,16,17,18). The second-order valence-electron chi connectivity index (χ2n) is 4.46. The van der Waals surface area contributed by atoms with E-state index in [-0.39, 0.29) is 0 Å². The van der Waals surface area contributed by atoms with Gasteiger partial charge in [0.25, 0.3) is 0 Å². The van der Waals surface area contributed by atoms with Crippen molar-refractivity contribution in [2.75, 3.05) is 19.8 Å². The van der Waals surface area contributed by atoms with Crippen LogP contribution < -0.4 is 14.8 Å². The van der Waals surface area contributed by atoms with Crippen molar-refractivity contribution in [1.82, 2.24) is 20.5 Å². The van der Waals surface area contributed by atoms with Crippen molar-refractivity contribution >= 4 is 15.9 Å². The minimum Gasteiger partial charge on any atom is -0.486 e. The van der Waals surface area contributed by atoms with Gasteiger partial charge in [-0.05, 0) is 33.6 Å². The van der Waals surface area contributed by atoms with Gasteiger partial charge in [-0.15, -0.1) is 0 Å². The van der Waals surface area contributed by atoms with Gasteiger partial charge in [0.2, 0.25) is 0 Å². The summed E-state index contributed by atoms with van der Waals surface area (Å²) in [6.07, 6.45) is 2.35. The molecule has 20 heavy (non-hydrogen) atoms. The molecular weight excluding hydrogens is 324 g/mol. The molecule has 2 heterocycles. The molecule has 1 aliphatic heterocycles. The normalized spacial score (nSPS) is 13.4. The molecule has 0 spiro atoms. The first-order chi connectivity index (χ1) is 9.83. The first-order valence-corrected chi connectivity index (χ1v) is 7.25. The van der Waals surface area contributed by atoms with Crippen molar-refractivity contribution < 1.29 is 9.47 Å². The molecule has 7 heteroatoms. The zero-order chi connectivity index (χ0) is 13.8. The Morgan fingerprint density at radius 3 is 3.05 bits per heavy atom. The van der Waals surface area contributed by atoms with Crippen molar-refractivity contribution in [3.63, 3.8) is 0 Å². The SMILES string of the molecule is Brc1cc(CNCCc2ncn[nH]2)cc2c1OCCO2. The Balaban J connectivity index is 1.56. The number of fused-ring (bicyclic) bond motifs is 1. The van der Waals surface area contributed by atoms with Gasteiger partial charge in [0.1, 0.15) is 25.4 Å². The molecule has 0 aliphatic carbocycles. The number of ether oxygens (including phenoxy) is 2. The van der Waals surface area contributed by atoms with Gasteiger partial charge < -0.3 is 14.8 Å². The van der Waals surface area contributed by atoms with Gasteiger partial charge in [0, 0.05) is 19.5 Å². The fourth-order valence-corrected chi connectivity index (χ4v) is 2.66. The number of aromatic amines is 1. The highest BCUT2D eigenvalue weighted by Crippen LogP contribution is 2.38. The zero-order valence-electron chi connectivity index (χ0n) is 10.9. The molecule has 6 nitrogen and oxygen atoms in total. The summed E-state index contributed by atoms with van der Waals surface area (Å²) in [5.74, 6) is 2.49. The van der Waals surface area contributed by atoms with Crippen LogP contribution in [-0.2, 0) is 13.0 Å². The van der Waals surface area contributed by atoms with Crippen LogP contribution in [0.5, 0.6) is 11.5 Å². The highest BCUT2D eigenvalue weighted by molar-refractivity contribution is 9.10. The first-order valence-electron chi connectivity index (χ1n) is 6.46. The number of halogens is 1. The number of nitrogens with zero attached hydrogens (tertiary/aromatic N) is 2. The highest BCUT2D eigenvalue weighted by atomic mass is 79.9. The van der Waals surface area contributed by atoms with Crippen LogP contribution >= 0.6 is 15.9 Å². The predicted molar refractivity (Wildman–Crippen MR) is 76.9 cm³/mol. The molecule has 0 unspecified atom stereocenters. The summed E-state index contributed by atoms with van der Waals surface area (Å²) in [6.45, 7) is 2.80. The largest absolute Gasteiger partial charge is 0.486 e. The number of rotatable bonds is 5. The first kappa shape index (κ1) is 13.4. The maximum absolute atomic E-state index is 5.60. The Hall–Kier alpha value is -1.60. The van der Waals surface area contributed by atoms with E-state index >= 15 is 0 Å². The van der Waals surface area contributed by atoms with Crippen molar-refractivity contribution in [1.29, 1.82) is 0 Å². The molecule has 0 atom stereocenters. The summed E-state index contributed by atoms with van der Waals surface area (Å²) < 4.78 is 12.1. The van der Waals surface area contributed by atoms with E-state index in [9.17, 15) is 0 Å². The van der Waals surface area contributed by atoms with Gasteiger partial charge in [0.05, 0.1) is 4.47 Å². The lowest BCUT2D eigenvalue weighted by atomic mass is 10.2. The monoisotopic (exact) mass is 338 g/mol. The molecule has 2 N–H and O–H groups in total. The Kier molecular flexibility index (Phi) is 4.17. The van der Waals surface area contributed by atoms with Crippen molar-refractivity contribution in [3.05, 3.63) is 34.3 Å². The minimum absolute atomic E-state index is 0.598. The third-order valence-corrected chi connectivity index (χ3v) is 3.58. The molecular formula is C13H15BrN4O2. The zero-order valence-corrected chi connectivity index (χ0v) is 12.4. The maximum atomic E-state index is 5.60. The van der Waals surface area contributed by atoms with Crippen LogP contribution in [0.2, 0.25) is 0 Å². The van der Waals surface area contributed by atoms with Crippen molar-refractivity contribution in [2.24, 2.45) is 0 Å². The molecule has 0 radical (unpaired) electrons. The quantitative estimate of drug-likeness (QED) is 0.811. The van der Waals surface area contributed by atoms with Gasteiger partial charge in [-0.3, -0.25) is 5.10 Å². The summed E-state index contributed by atoms with van der Waals surface area (Å²) in [7, 11) is 0. The van der Waals surface area contributed by atoms with E-state index in [0.29, 0.717) is 13.2 Å². The van der Waals surface area contributed by atoms with Crippen LogP contribution in [-0.4, -0.2) is 34.9 Å². The summed E-state index contributed by atoms with van der Waals surface area (Å²) in [5.41, 5.74) is 1.15. The number of nitrogens with one attached hydrogen (secondary N) is 2. The second-order valence-corrected chi connectivity index (χ2v) is 5.32. The number of benzene rings is 1. The lowest BCUT2D eigenvalue weighted by Crippen LogP contribution is -2.19. The van der Waals surface area contributed by atoms with E-state index in [4.69, 9.17) is 9.47 Å². The van der Waals surface area contributed by atoms with E-state index < -0.39 is 0 Å². The molecule has 2 aromatic rings. The van der Waals surface area contributed by atoms with Crippen molar-refractivity contribution in [2.45, 2.75) is 13.0 Å². The van der Waals surface area contributed by atoms with Crippen LogP contribution in [0.15, 0.2) is 22.9 Å². The van der Waals surface area contributed by atoms with E-state index in [0.717, 1.165) is 46.9 Å². The summed E-state index contributed by atoms with van der Waals surface area (Å²) >= 11 is 3.52. The van der Waals surface area contributed by atoms with E-state index in [1.807, 2.05) is 6.07 Å². The number of hydrogen-bond acceptors (Lipinski definition) is 5. The van der Waals surface area contributed by atoms with Crippen LogP contribution in [0.1, 0.15) is 11.4 Å². The van der Waals surface area contributed by atoms with E-state index in [2.05, 4.69) is 42.5 Å². The smallest absolute Gasteiger partial charge is 0.175 e. The van der Waals surface area contributed by atoms with Crippen LogP contribution in [0.25, 0.3) is 0 Å². The average molecular weight is 339 g/mol. The average Bonchev–Trinajstić information content (AvgIpc) is 2.97. The lowest BCUT2D eigenvalue weighted by molar-refractivity contribution is 0.170. The van der Waals surface area contributed by atoms with Gasteiger partial charge in [0.15, 0.2) is 11.5 Å². The molecule has 1 aliphatic rings. The van der Waals surface area contributed by atoms with Crippen molar-refractivity contribution in [3.8, 4) is 11.5 Å². The Labute approximate surface area is 125 Å². The fourth-order valence-electron chi connectivity index (χ4n) is 2.06. The second kappa shape index (κ2) is 6.23.